The summed E-state index contributed by atoms with van der Waals surface area (Å²) in [4.78, 5) is 25.9. The third-order valence-electron chi connectivity index (χ3n) is 5.72. The Kier molecular flexibility index (Phi) is 13.2. The maximum Gasteiger partial charge on any atom is 0.415 e. The average Bonchev–Trinajstić information content (AvgIpc) is 2.94. The van der Waals surface area contributed by atoms with Crippen molar-refractivity contribution in [3.05, 3.63) is 94.5 Å². The molecule has 0 saturated carbocycles. The predicted octanol–water partition coefficient (Wildman–Crippen LogP) is 6.68. The molecule has 0 radical (unpaired) electrons. The number of hydrogen-bond acceptors (Lipinski definition) is 6. The summed E-state index contributed by atoms with van der Waals surface area (Å²) < 4.78 is 17.7. The SMILES string of the molecule is CCOC(Cc1ccc(OCCN(CCCSCc2ccccc2)C(=O)Oc2ccc(Br)cc2)cc1)C(=O)O. The fraction of sp³-hybridized carbons (Fsp3) is 0.333. The highest BCUT2D eigenvalue weighted by atomic mass is 79.9. The first kappa shape index (κ1) is 30.5. The first-order valence-electron chi connectivity index (χ1n) is 12.8. The molecule has 208 valence electrons. The number of hydrogen-bond donors (Lipinski definition) is 1. The fourth-order valence-corrected chi connectivity index (χ4v) is 4.88. The number of rotatable bonds is 16. The first-order valence-corrected chi connectivity index (χ1v) is 14.8. The van der Waals surface area contributed by atoms with Crippen LogP contribution in [0, 0.1) is 0 Å². The lowest BCUT2D eigenvalue weighted by atomic mass is 10.1. The monoisotopic (exact) mass is 615 g/mol. The van der Waals surface area contributed by atoms with Crippen molar-refractivity contribution >= 4 is 39.8 Å². The zero-order valence-corrected chi connectivity index (χ0v) is 24.4. The second kappa shape index (κ2) is 16.8. The molecule has 1 amide bonds. The molecule has 0 aliphatic heterocycles. The third kappa shape index (κ3) is 11.3. The number of carboxylic acid groups (broad SMARTS) is 1. The van der Waals surface area contributed by atoms with Crippen molar-refractivity contribution in [1.82, 2.24) is 4.90 Å². The molecule has 0 fully saturated rings. The van der Waals surface area contributed by atoms with E-state index >= 15 is 0 Å². The van der Waals surface area contributed by atoms with Crippen LogP contribution in [0.25, 0.3) is 0 Å². The summed E-state index contributed by atoms with van der Waals surface area (Å²) in [5.74, 6) is 1.99. The summed E-state index contributed by atoms with van der Waals surface area (Å²) in [5, 5.41) is 9.29. The molecule has 7 nitrogen and oxygen atoms in total. The van der Waals surface area contributed by atoms with E-state index in [1.165, 1.54) is 5.56 Å². The van der Waals surface area contributed by atoms with Gasteiger partial charge >= 0.3 is 12.1 Å². The van der Waals surface area contributed by atoms with E-state index in [1.54, 1.807) is 36.1 Å². The maximum atomic E-state index is 13.0. The van der Waals surface area contributed by atoms with Crippen LogP contribution in [0.1, 0.15) is 24.5 Å². The highest BCUT2D eigenvalue weighted by molar-refractivity contribution is 9.10. The first-order chi connectivity index (χ1) is 18.9. The summed E-state index contributed by atoms with van der Waals surface area (Å²) in [5.41, 5.74) is 2.13. The molecule has 9 heteroatoms. The maximum absolute atomic E-state index is 13.0. The van der Waals surface area contributed by atoms with Gasteiger partial charge in [0.25, 0.3) is 0 Å². The summed E-state index contributed by atoms with van der Waals surface area (Å²) in [7, 11) is 0. The molecule has 1 unspecified atom stereocenters. The Balaban J connectivity index is 1.50. The number of thioether (sulfide) groups is 1. The number of carbonyl (C=O) groups excluding carboxylic acids is 1. The minimum Gasteiger partial charge on any atom is -0.492 e. The second-order valence-corrected chi connectivity index (χ2v) is 10.7. The normalized spacial score (nSPS) is 11.5. The number of carbonyl (C=O) groups is 2. The summed E-state index contributed by atoms with van der Waals surface area (Å²) in [6.45, 7) is 3.32. The van der Waals surface area contributed by atoms with Gasteiger partial charge in [0.1, 0.15) is 18.1 Å². The van der Waals surface area contributed by atoms with Gasteiger partial charge in [0.15, 0.2) is 6.10 Å². The quantitative estimate of drug-likeness (QED) is 0.180. The molecule has 0 saturated heterocycles. The van der Waals surface area contributed by atoms with Crippen LogP contribution in [0.3, 0.4) is 0 Å². The van der Waals surface area contributed by atoms with Crippen LogP contribution >= 0.6 is 27.7 Å². The molecular formula is C30H34BrNO6S. The standard InChI is InChI=1S/C30H34BrNO6S/c1-2-36-28(29(33)34)21-23-9-13-26(14-10-23)37-19-18-32(30(35)38-27-15-11-25(31)12-16-27)17-6-20-39-22-24-7-4-3-5-8-24/h3-5,7-16,28H,2,6,17-22H2,1H3,(H,33,34). The lowest BCUT2D eigenvalue weighted by Gasteiger charge is -2.22. The average molecular weight is 617 g/mol. The highest BCUT2D eigenvalue weighted by Crippen LogP contribution is 2.18. The van der Waals surface area contributed by atoms with E-state index in [1.807, 2.05) is 54.2 Å². The smallest absolute Gasteiger partial charge is 0.415 e. The van der Waals surface area contributed by atoms with E-state index in [9.17, 15) is 14.7 Å². The number of carboxylic acids is 1. The van der Waals surface area contributed by atoms with Crippen LogP contribution in [0.2, 0.25) is 0 Å². The van der Waals surface area contributed by atoms with Gasteiger partial charge in [-0.3, -0.25) is 0 Å². The largest absolute Gasteiger partial charge is 0.492 e. The van der Waals surface area contributed by atoms with Crippen LogP contribution in [0.15, 0.2) is 83.3 Å². The molecule has 3 aromatic rings. The zero-order valence-electron chi connectivity index (χ0n) is 22.0. The molecule has 3 aromatic carbocycles. The van der Waals surface area contributed by atoms with Gasteiger partial charge in [0.05, 0.1) is 6.54 Å². The Morgan fingerprint density at radius 1 is 0.923 bits per heavy atom. The van der Waals surface area contributed by atoms with Gasteiger partial charge in [0.2, 0.25) is 0 Å². The Morgan fingerprint density at radius 2 is 1.62 bits per heavy atom. The molecular weight excluding hydrogens is 582 g/mol. The fourth-order valence-electron chi connectivity index (χ4n) is 3.71. The molecule has 0 spiro atoms. The lowest BCUT2D eigenvalue weighted by Crippen LogP contribution is -2.37. The predicted molar refractivity (Wildman–Crippen MR) is 158 cm³/mol. The van der Waals surface area contributed by atoms with Crippen molar-refractivity contribution in [3.8, 4) is 11.5 Å². The van der Waals surface area contributed by atoms with E-state index in [2.05, 4.69) is 28.1 Å². The van der Waals surface area contributed by atoms with Crippen molar-refractivity contribution in [2.24, 2.45) is 0 Å². The van der Waals surface area contributed by atoms with Crippen molar-refractivity contribution in [3.63, 3.8) is 0 Å². The van der Waals surface area contributed by atoms with E-state index in [-0.39, 0.29) is 6.42 Å². The summed E-state index contributed by atoms with van der Waals surface area (Å²) in [6.07, 6.45) is -0.189. The second-order valence-electron chi connectivity index (χ2n) is 8.68. The van der Waals surface area contributed by atoms with Gasteiger partial charge in [-0.25, -0.2) is 9.59 Å². The Hall–Kier alpha value is -3.01. The van der Waals surface area contributed by atoms with E-state index < -0.39 is 18.2 Å². The van der Waals surface area contributed by atoms with Crippen LogP contribution in [0.4, 0.5) is 4.79 Å². The van der Waals surface area contributed by atoms with Crippen molar-refractivity contribution < 1.29 is 28.9 Å². The van der Waals surface area contributed by atoms with Crippen LogP contribution in [-0.2, 0) is 21.7 Å². The molecule has 0 aromatic heterocycles. The van der Waals surface area contributed by atoms with Crippen molar-refractivity contribution in [1.29, 1.82) is 0 Å². The van der Waals surface area contributed by atoms with Crippen molar-refractivity contribution in [2.75, 3.05) is 32.1 Å². The van der Waals surface area contributed by atoms with Gasteiger partial charge in [-0.1, -0.05) is 58.4 Å². The van der Waals surface area contributed by atoms with Gasteiger partial charge in [-0.05, 0) is 66.6 Å². The number of amides is 1. The van der Waals surface area contributed by atoms with Gasteiger partial charge in [-0.15, -0.1) is 0 Å². The zero-order chi connectivity index (χ0) is 27.9. The number of nitrogens with zero attached hydrogens (tertiary/aromatic N) is 1. The summed E-state index contributed by atoms with van der Waals surface area (Å²) in [6, 6.07) is 24.7. The van der Waals surface area contributed by atoms with E-state index in [4.69, 9.17) is 14.2 Å². The molecule has 39 heavy (non-hydrogen) atoms. The topological polar surface area (TPSA) is 85.3 Å². The third-order valence-corrected chi connectivity index (χ3v) is 7.37. The lowest BCUT2D eigenvalue weighted by molar-refractivity contribution is -0.149. The Morgan fingerprint density at radius 3 is 2.28 bits per heavy atom. The molecule has 3 rings (SSSR count). The Bertz CT molecular complexity index is 1140. The van der Waals surface area contributed by atoms with Gasteiger partial charge in [0, 0.05) is 29.8 Å². The molecule has 0 heterocycles. The Labute approximate surface area is 242 Å². The number of halogens is 1. The van der Waals surface area contributed by atoms with Crippen LogP contribution in [-0.4, -0.2) is 60.2 Å². The van der Waals surface area contributed by atoms with Crippen LogP contribution in [0.5, 0.6) is 11.5 Å². The molecule has 0 aliphatic carbocycles. The van der Waals surface area contributed by atoms with Crippen molar-refractivity contribution in [2.45, 2.75) is 31.6 Å². The summed E-state index contributed by atoms with van der Waals surface area (Å²) >= 11 is 5.23. The van der Waals surface area contributed by atoms with Crippen LogP contribution < -0.4 is 9.47 Å². The van der Waals surface area contributed by atoms with Gasteiger partial charge in [-0.2, -0.15) is 11.8 Å². The van der Waals surface area contributed by atoms with E-state index in [0.717, 1.165) is 28.0 Å². The number of aliphatic carboxylic acids is 1. The minimum absolute atomic E-state index is 0.279. The van der Waals surface area contributed by atoms with E-state index in [0.29, 0.717) is 37.8 Å². The van der Waals surface area contributed by atoms with Gasteiger partial charge < -0.3 is 24.2 Å². The highest BCUT2D eigenvalue weighted by Gasteiger charge is 2.18. The molecule has 1 atom stereocenters. The number of ether oxygens (including phenoxy) is 3. The molecule has 1 N–H and O–H groups in total. The minimum atomic E-state index is -0.981. The molecule has 0 aliphatic rings. The number of benzene rings is 3. The molecule has 0 bridgehead atoms.